The van der Waals surface area contributed by atoms with E-state index in [1.165, 1.54) is 28.3 Å². The van der Waals surface area contributed by atoms with E-state index >= 15 is 0 Å². The summed E-state index contributed by atoms with van der Waals surface area (Å²) in [6.45, 7) is 2.45. The minimum Gasteiger partial charge on any atom is -0.494 e. The van der Waals surface area contributed by atoms with Crippen LogP contribution in [0.15, 0.2) is 41.3 Å². The van der Waals surface area contributed by atoms with Crippen molar-refractivity contribution in [1.82, 2.24) is 9.78 Å². The van der Waals surface area contributed by atoms with E-state index in [0.29, 0.717) is 28.6 Å². The van der Waals surface area contributed by atoms with Crippen molar-refractivity contribution in [2.75, 3.05) is 11.9 Å². The lowest BCUT2D eigenvalue weighted by molar-refractivity contribution is 0.100. The molecule has 31 heavy (non-hydrogen) atoms. The third kappa shape index (κ3) is 4.22. The zero-order valence-corrected chi connectivity index (χ0v) is 17.8. The van der Waals surface area contributed by atoms with Crippen LogP contribution in [0.2, 0.25) is 0 Å². The van der Waals surface area contributed by atoms with Crippen molar-refractivity contribution in [2.24, 2.45) is 5.73 Å². The summed E-state index contributed by atoms with van der Waals surface area (Å²) in [7, 11) is 0. The van der Waals surface area contributed by atoms with Crippen LogP contribution in [0.25, 0.3) is 5.69 Å². The maximum Gasteiger partial charge on any atom is 0.280 e. The fourth-order valence-electron chi connectivity index (χ4n) is 3.65. The molecule has 0 fully saturated rings. The van der Waals surface area contributed by atoms with Crippen molar-refractivity contribution < 1.29 is 14.3 Å². The van der Waals surface area contributed by atoms with E-state index in [1.54, 1.807) is 24.3 Å². The van der Waals surface area contributed by atoms with Gasteiger partial charge in [-0.3, -0.25) is 14.4 Å². The molecule has 0 aliphatic heterocycles. The maximum atomic E-state index is 12.9. The van der Waals surface area contributed by atoms with Crippen molar-refractivity contribution >= 4 is 28.2 Å². The Bertz CT molecular complexity index is 1200. The fraction of sp³-hybridized carbons (Fsp3) is 0.273. The zero-order valence-electron chi connectivity index (χ0n) is 17.0. The first kappa shape index (κ1) is 20.8. The minimum atomic E-state index is -0.675. The normalized spacial score (nSPS) is 12.8. The first-order valence-corrected chi connectivity index (χ1v) is 10.9. The standard InChI is InChI=1S/C22H22N4O4S/c1-2-30-14-9-7-13(8-10-14)26-12-11-16(27)19(25-26)21(29)24-22-18(20(23)28)15-5-3-4-6-17(15)31-22/h7-12H,2-6H2,1H3,(H2,23,28)(H,24,29). The average Bonchev–Trinajstić information content (AvgIpc) is 3.13. The first-order valence-electron chi connectivity index (χ1n) is 10.1. The molecule has 0 radical (unpaired) electrons. The first-order chi connectivity index (χ1) is 15.0. The molecule has 1 aromatic carbocycles. The number of nitrogens with zero attached hydrogens (tertiary/aromatic N) is 2. The van der Waals surface area contributed by atoms with Crippen LogP contribution in [0, 0.1) is 0 Å². The number of carbonyl (C=O) groups excluding carboxylic acids is 2. The largest absolute Gasteiger partial charge is 0.494 e. The van der Waals surface area contributed by atoms with Crippen molar-refractivity contribution in [1.29, 1.82) is 0 Å². The molecule has 1 aliphatic rings. The predicted molar refractivity (Wildman–Crippen MR) is 118 cm³/mol. The summed E-state index contributed by atoms with van der Waals surface area (Å²) in [5.74, 6) is -0.542. The van der Waals surface area contributed by atoms with Gasteiger partial charge in [0, 0.05) is 17.1 Å². The Morgan fingerprint density at radius 2 is 1.94 bits per heavy atom. The molecule has 2 heterocycles. The summed E-state index contributed by atoms with van der Waals surface area (Å²) in [6.07, 6.45) is 5.11. The van der Waals surface area contributed by atoms with Crippen LogP contribution >= 0.6 is 11.3 Å². The molecule has 0 spiro atoms. The quantitative estimate of drug-likeness (QED) is 0.614. The van der Waals surface area contributed by atoms with Gasteiger partial charge in [-0.15, -0.1) is 11.3 Å². The lowest BCUT2D eigenvalue weighted by Gasteiger charge is -2.11. The van der Waals surface area contributed by atoms with E-state index in [4.69, 9.17) is 10.5 Å². The number of ether oxygens (including phenoxy) is 1. The van der Waals surface area contributed by atoms with E-state index in [9.17, 15) is 14.4 Å². The van der Waals surface area contributed by atoms with E-state index in [1.807, 2.05) is 6.92 Å². The monoisotopic (exact) mass is 438 g/mol. The number of hydrogen-bond acceptors (Lipinski definition) is 6. The number of primary amides is 1. The second-order valence-corrected chi connectivity index (χ2v) is 8.24. The summed E-state index contributed by atoms with van der Waals surface area (Å²) >= 11 is 1.34. The number of fused-ring (bicyclic) bond motifs is 1. The number of aryl methyl sites for hydroxylation is 1. The van der Waals surface area contributed by atoms with Gasteiger partial charge in [0.25, 0.3) is 11.8 Å². The summed E-state index contributed by atoms with van der Waals surface area (Å²) in [6, 6.07) is 8.42. The molecule has 0 unspecified atom stereocenters. The van der Waals surface area contributed by atoms with E-state index in [-0.39, 0.29) is 5.69 Å². The third-order valence-corrected chi connectivity index (χ3v) is 6.29. The molecule has 2 amide bonds. The Kier molecular flexibility index (Phi) is 5.85. The second-order valence-electron chi connectivity index (χ2n) is 7.13. The third-order valence-electron chi connectivity index (χ3n) is 5.08. The van der Waals surface area contributed by atoms with E-state index in [2.05, 4.69) is 10.4 Å². The number of benzene rings is 1. The van der Waals surface area contributed by atoms with Crippen LogP contribution in [0.4, 0.5) is 5.00 Å². The van der Waals surface area contributed by atoms with E-state index < -0.39 is 17.2 Å². The van der Waals surface area contributed by atoms with Gasteiger partial charge in [0.2, 0.25) is 5.43 Å². The van der Waals surface area contributed by atoms with Gasteiger partial charge in [0.15, 0.2) is 5.69 Å². The summed E-state index contributed by atoms with van der Waals surface area (Å²) in [4.78, 5) is 38.3. The van der Waals surface area contributed by atoms with Gasteiger partial charge in [0.05, 0.1) is 17.9 Å². The van der Waals surface area contributed by atoms with E-state index in [0.717, 1.165) is 36.1 Å². The molecular formula is C22H22N4O4S. The highest BCUT2D eigenvalue weighted by Crippen LogP contribution is 2.38. The van der Waals surface area contributed by atoms with Crippen molar-refractivity contribution in [3.05, 3.63) is 68.4 Å². The lowest BCUT2D eigenvalue weighted by Crippen LogP contribution is -2.26. The average molecular weight is 439 g/mol. The molecule has 1 aliphatic carbocycles. The topological polar surface area (TPSA) is 116 Å². The number of amides is 2. The number of rotatable bonds is 6. The Hall–Kier alpha value is -3.46. The Morgan fingerprint density at radius 3 is 2.65 bits per heavy atom. The molecular weight excluding hydrogens is 416 g/mol. The molecule has 2 aromatic heterocycles. The van der Waals surface area contributed by atoms with Crippen LogP contribution in [-0.4, -0.2) is 28.2 Å². The van der Waals surface area contributed by atoms with Gasteiger partial charge in [-0.2, -0.15) is 5.10 Å². The highest BCUT2D eigenvalue weighted by atomic mass is 32.1. The van der Waals surface area contributed by atoms with Gasteiger partial charge in [-0.25, -0.2) is 4.68 Å². The van der Waals surface area contributed by atoms with Crippen LogP contribution in [0.1, 0.15) is 51.1 Å². The lowest BCUT2D eigenvalue weighted by atomic mass is 9.95. The van der Waals surface area contributed by atoms with Gasteiger partial charge < -0.3 is 15.8 Å². The molecule has 3 aromatic rings. The number of nitrogens with one attached hydrogen (secondary N) is 1. The Morgan fingerprint density at radius 1 is 1.19 bits per heavy atom. The highest BCUT2D eigenvalue weighted by Gasteiger charge is 2.26. The van der Waals surface area contributed by atoms with Crippen molar-refractivity contribution in [2.45, 2.75) is 32.6 Å². The number of hydrogen-bond donors (Lipinski definition) is 2. The van der Waals surface area contributed by atoms with Crippen LogP contribution in [0.5, 0.6) is 5.75 Å². The Balaban J connectivity index is 1.64. The fourth-order valence-corrected chi connectivity index (χ4v) is 4.94. The van der Waals surface area contributed by atoms with Gasteiger partial charge in [-0.1, -0.05) is 0 Å². The Labute approximate surface area is 182 Å². The smallest absolute Gasteiger partial charge is 0.280 e. The molecule has 9 heteroatoms. The van der Waals surface area contributed by atoms with Gasteiger partial charge in [-0.05, 0) is 62.4 Å². The van der Waals surface area contributed by atoms with Gasteiger partial charge in [0.1, 0.15) is 10.8 Å². The summed E-state index contributed by atoms with van der Waals surface area (Å²) < 4.78 is 6.87. The minimum absolute atomic E-state index is 0.266. The molecule has 3 N–H and O–H groups in total. The molecule has 8 nitrogen and oxygen atoms in total. The SMILES string of the molecule is CCOc1ccc(-n2ccc(=O)c(C(=O)Nc3sc4c(c3C(N)=O)CCCC4)n2)cc1. The molecule has 0 saturated carbocycles. The molecule has 4 rings (SSSR count). The van der Waals surface area contributed by atoms with Crippen molar-refractivity contribution in [3.63, 3.8) is 0 Å². The highest BCUT2D eigenvalue weighted by molar-refractivity contribution is 7.17. The predicted octanol–water partition coefficient (Wildman–Crippen LogP) is 2.92. The van der Waals surface area contributed by atoms with Crippen LogP contribution in [-0.2, 0) is 12.8 Å². The van der Waals surface area contributed by atoms with Crippen LogP contribution < -0.4 is 21.2 Å². The number of nitrogens with two attached hydrogens (primary N) is 1. The number of carbonyl (C=O) groups is 2. The van der Waals surface area contributed by atoms with Crippen LogP contribution in [0.3, 0.4) is 0 Å². The number of anilines is 1. The van der Waals surface area contributed by atoms with Gasteiger partial charge >= 0.3 is 0 Å². The summed E-state index contributed by atoms with van der Waals surface area (Å²) in [5, 5.41) is 7.28. The molecule has 0 saturated heterocycles. The second kappa shape index (κ2) is 8.73. The zero-order chi connectivity index (χ0) is 22.0. The molecule has 0 bridgehead atoms. The number of aromatic nitrogens is 2. The maximum absolute atomic E-state index is 12.9. The molecule has 160 valence electrons. The van der Waals surface area contributed by atoms with Crippen molar-refractivity contribution in [3.8, 4) is 11.4 Å². The summed E-state index contributed by atoms with van der Waals surface area (Å²) in [5.41, 5.74) is 6.73. The molecule has 0 atom stereocenters. The number of thiophene rings is 1.